The van der Waals surface area contributed by atoms with E-state index in [0.717, 1.165) is 22.8 Å². The molecule has 7 heteroatoms. The summed E-state index contributed by atoms with van der Waals surface area (Å²) in [5, 5.41) is 24.0. The van der Waals surface area contributed by atoms with Crippen LogP contribution >= 0.6 is 11.3 Å². The molecular weight excluding hydrogens is 276 g/mol. The van der Waals surface area contributed by atoms with E-state index in [9.17, 15) is 0 Å². The summed E-state index contributed by atoms with van der Waals surface area (Å²) >= 11 is 1.15. The first kappa shape index (κ1) is 13.8. The third-order valence-electron chi connectivity index (χ3n) is 2.26. The summed E-state index contributed by atoms with van der Waals surface area (Å²) in [6.07, 6.45) is 0. The van der Waals surface area contributed by atoms with E-state index in [2.05, 4.69) is 15.5 Å². The molecule has 0 saturated carbocycles. The minimum absolute atomic E-state index is 0.115. The van der Waals surface area contributed by atoms with Gasteiger partial charge in [0.1, 0.15) is 11.8 Å². The van der Waals surface area contributed by atoms with Gasteiger partial charge >= 0.3 is 0 Å². The van der Waals surface area contributed by atoms with Crippen molar-refractivity contribution in [1.29, 1.82) is 5.26 Å². The van der Waals surface area contributed by atoms with E-state index < -0.39 is 0 Å². The number of hydrazone groups is 1. The molecular formula is C13H12N4O2S. The summed E-state index contributed by atoms with van der Waals surface area (Å²) in [5.74, 6) is 0.654. The summed E-state index contributed by atoms with van der Waals surface area (Å²) in [6.45, 7) is 2.52. The Morgan fingerprint density at radius 2 is 2.25 bits per heavy atom. The van der Waals surface area contributed by atoms with Gasteiger partial charge in [-0.2, -0.15) is 15.3 Å². The molecule has 0 spiro atoms. The molecule has 0 bridgehead atoms. The van der Waals surface area contributed by atoms with Gasteiger partial charge in [0.25, 0.3) is 0 Å². The topological polar surface area (TPSA) is 90.5 Å². The Kier molecular flexibility index (Phi) is 4.52. The molecule has 0 aliphatic heterocycles. The van der Waals surface area contributed by atoms with Crippen molar-refractivity contribution in [2.75, 3.05) is 12.0 Å². The maximum Gasteiger partial charge on any atom is 0.222 e. The van der Waals surface area contributed by atoms with E-state index in [1.54, 1.807) is 12.1 Å². The highest BCUT2D eigenvalue weighted by Gasteiger charge is 2.08. The van der Waals surface area contributed by atoms with Crippen LogP contribution in [0.2, 0.25) is 0 Å². The quantitative estimate of drug-likeness (QED) is 0.652. The molecule has 0 amide bonds. The summed E-state index contributed by atoms with van der Waals surface area (Å²) in [6, 6.07) is 9.14. The maximum atomic E-state index is 9.16. The summed E-state index contributed by atoms with van der Waals surface area (Å²) in [5.41, 5.74) is 3.61. The molecule has 1 aromatic carbocycles. The number of aromatic hydroxyl groups is 1. The lowest BCUT2D eigenvalue weighted by Crippen LogP contribution is -2.01. The number of anilines is 1. The first-order valence-corrected chi connectivity index (χ1v) is 6.72. The van der Waals surface area contributed by atoms with Gasteiger partial charge in [-0.1, -0.05) is 0 Å². The van der Waals surface area contributed by atoms with Gasteiger partial charge in [-0.05, 0) is 31.2 Å². The fourth-order valence-electron chi connectivity index (χ4n) is 1.41. The highest BCUT2D eigenvalue weighted by Crippen LogP contribution is 2.17. The van der Waals surface area contributed by atoms with Crippen LogP contribution in [0.1, 0.15) is 11.9 Å². The van der Waals surface area contributed by atoms with E-state index in [0.29, 0.717) is 11.6 Å². The molecule has 0 unspecified atom stereocenters. The molecule has 1 aromatic heterocycles. The largest absolute Gasteiger partial charge is 0.494 e. The first-order valence-electron chi connectivity index (χ1n) is 5.84. The van der Waals surface area contributed by atoms with Crippen molar-refractivity contribution in [2.24, 2.45) is 5.10 Å². The second kappa shape index (κ2) is 6.54. The van der Waals surface area contributed by atoms with E-state index in [1.807, 2.05) is 25.1 Å². The van der Waals surface area contributed by atoms with Crippen LogP contribution in [-0.2, 0) is 0 Å². The molecule has 0 saturated heterocycles. The fraction of sp³-hybridized carbons (Fsp3) is 0.154. The number of nitriles is 1. The number of thiazole rings is 1. The van der Waals surface area contributed by atoms with Gasteiger partial charge in [-0.25, -0.2) is 0 Å². The predicted octanol–water partition coefficient (Wildman–Crippen LogP) is 2.59. The maximum absolute atomic E-state index is 9.16. The van der Waals surface area contributed by atoms with E-state index in [1.165, 1.54) is 5.38 Å². The SMILES string of the molecule is CCOc1ccc(NN=C(C#N)c2nc(O)cs2)cc1. The second-order valence-corrected chi connectivity index (χ2v) is 4.51. The number of aromatic nitrogens is 1. The number of nitrogens with zero attached hydrogens (tertiary/aromatic N) is 3. The lowest BCUT2D eigenvalue weighted by molar-refractivity contribution is 0.340. The number of rotatable bonds is 5. The molecule has 2 N–H and O–H groups in total. The molecule has 2 rings (SSSR count). The summed E-state index contributed by atoms with van der Waals surface area (Å²) in [4.78, 5) is 3.79. The molecule has 20 heavy (non-hydrogen) atoms. The van der Waals surface area contributed by atoms with Crippen LogP contribution in [0, 0.1) is 11.3 Å². The molecule has 0 fully saturated rings. The molecule has 0 aliphatic rings. The first-order chi connectivity index (χ1) is 9.72. The number of hydrogen-bond acceptors (Lipinski definition) is 7. The predicted molar refractivity (Wildman–Crippen MR) is 77.2 cm³/mol. The van der Waals surface area contributed by atoms with E-state index in [4.69, 9.17) is 15.1 Å². The number of hydrogen-bond donors (Lipinski definition) is 2. The van der Waals surface area contributed by atoms with E-state index in [-0.39, 0.29) is 11.6 Å². The monoisotopic (exact) mass is 288 g/mol. The van der Waals surface area contributed by atoms with Gasteiger partial charge in [0, 0.05) is 0 Å². The lowest BCUT2D eigenvalue weighted by Gasteiger charge is -2.04. The van der Waals surface area contributed by atoms with E-state index >= 15 is 0 Å². The van der Waals surface area contributed by atoms with Gasteiger partial charge in [0.2, 0.25) is 5.88 Å². The Balaban J connectivity index is 2.09. The molecule has 102 valence electrons. The van der Waals surface area contributed by atoms with Crippen LogP contribution in [0.25, 0.3) is 0 Å². The zero-order chi connectivity index (χ0) is 14.4. The lowest BCUT2D eigenvalue weighted by atomic mass is 10.3. The van der Waals surface area contributed by atoms with Crippen molar-refractivity contribution >= 4 is 22.7 Å². The number of ether oxygens (including phenoxy) is 1. The van der Waals surface area contributed by atoms with Crippen molar-refractivity contribution in [1.82, 2.24) is 4.98 Å². The van der Waals surface area contributed by atoms with Crippen molar-refractivity contribution in [2.45, 2.75) is 6.92 Å². The summed E-state index contributed by atoms with van der Waals surface area (Å²) in [7, 11) is 0. The van der Waals surface area contributed by atoms with Crippen molar-refractivity contribution in [3.63, 3.8) is 0 Å². The highest BCUT2D eigenvalue weighted by atomic mass is 32.1. The van der Waals surface area contributed by atoms with Gasteiger partial charge in [0.15, 0.2) is 10.7 Å². The summed E-state index contributed by atoms with van der Waals surface area (Å²) < 4.78 is 5.33. The van der Waals surface area contributed by atoms with Crippen LogP contribution in [0.4, 0.5) is 5.69 Å². The van der Waals surface area contributed by atoms with Crippen LogP contribution in [0.5, 0.6) is 11.6 Å². The Morgan fingerprint density at radius 1 is 1.50 bits per heavy atom. The zero-order valence-electron chi connectivity index (χ0n) is 10.7. The minimum Gasteiger partial charge on any atom is -0.494 e. The molecule has 2 aromatic rings. The molecule has 0 atom stereocenters. The average molecular weight is 288 g/mol. The van der Waals surface area contributed by atoms with Crippen LogP contribution in [0.15, 0.2) is 34.7 Å². The molecule has 0 radical (unpaired) electrons. The van der Waals surface area contributed by atoms with Gasteiger partial charge in [-0.15, -0.1) is 11.3 Å². The molecule has 0 aliphatic carbocycles. The Hall–Kier alpha value is -2.59. The standard InChI is InChI=1S/C13H12N4O2S/c1-2-19-10-5-3-9(4-6-10)16-17-11(7-14)13-15-12(18)8-20-13/h3-6,8,16,18H,2H2,1H3. The van der Waals surface area contributed by atoms with Crippen molar-refractivity contribution in [3.05, 3.63) is 34.7 Å². The Bertz CT molecular complexity index is 643. The average Bonchev–Trinajstić information content (AvgIpc) is 2.88. The van der Waals surface area contributed by atoms with Crippen LogP contribution in [-0.4, -0.2) is 22.4 Å². The van der Waals surface area contributed by atoms with Crippen LogP contribution in [0.3, 0.4) is 0 Å². The normalized spacial score (nSPS) is 10.9. The smallest absolute Gasteiger partial charge is 0.222 e. The van der Waals surface area contributed by atoms with Crippen LogP contribution < -0.4 is 10.2 Å². The molecule has 6 nitrogen and oxygen atoms in total. The Morgan fingerprint density at radius 3 is 2.80 bits per heavy atom. The number of benzene rings is 1. The van der Waals surface area contributed by atoms with Gasteiger partial charge in [-0.3, -0.25) is 5.43 Å². The van der Waals surface area contributed by atoms with Gasteiger partial charge < -0.3 is 9.84 Å². The number of nitrogens with one attached hydrogen (secondary N) is 1. The third kappa shape index (κ3) is 3.46. The third-order valence-corrected chi connectivity index (χ3v) is 3.10. The van der Waals surface area contributed by atoms with Crippen molar-refractivity contribution in [3.8, 4) is 17.7 Å². The van der Waals surface area contributed by atoms with Crippen molar-refractivity contribution < 1.29 is 9.84 Å². The van der Waals surface area contributed by atoms with Gasteiger partial charge in [0.05, 0.1) is 17.7 Å². The second-order valence-electron chi connectivity index (χ2n) is 3.65. The fourth-order valence-corrected chi connectivity index (χ4v) is 2.03. The minimum atomic E-state index is -0.117. The zero-order valence-corrected chi connectivity index (χ0v) is 11.5. The highest BCUT2D eigenvalue weighted by molar-refractivity contribution is 7.12. The molecule has 1 heterocycles. The Labute approximate surface area is 120 Å².